The van der Waals surface area contributed by atoms with Gasteiger partial charge < -0.3 is 24.8 Å². The smallest absolute Gasteiger partial charge is 0.459 e. The summed E-state index contributed by atoms with van der Waals surface area (Å²) in [6, 6.07) is 16.6. The number of nitrogens with zero attached hydrogens (tertiary/aromatic N) is 4. The third-order valence-electron chi connectivity index (χ3n) is 6.33. The van der Waals surface area contributed by atoms with E-state index in [0.29, 0.717) is 17.0 Å². The van der Waals surface area contributed by atoms with Crippen LogP contribution in [-0.2, 0) is 30.0 Å². The van der Waals surface area contributed by atoms with Gasteiger partial charge in [0.25, 0.3) is 0 Å². The van der Waals surface area contributed by atoms with E-state index in [1.54, 1.807) is 41.8 Å². The fourth-order valence-electron chi connectivity index (χ4n) is 4.36. The lowest BCUT2D eigenvalue weighted by molar-refractivity contribution is -0.146. The molecule has 1 saturated heterocycles. The number of aliphatic hydroxyl groups is 1. The van der Waals surface area contributed by atoms with Crippen molar-refractivity contribution in [3.63, 3.8) is 0 Å². The Balaban J connectivity index is 1.26. The van der Waals surface area contributed by atoms with Crippen molar-refractivity contribution in [3.05, 3.63) is 78.4 Å². The second-order valence-electron chi connectivity index (χ2n) is 9.57. The van der Waals surface area contributed by atoms with Crippen molar-refractivity contribution in [1.82, 2.24) is 24.6 Å². The topological polar surface area (TPSA) is 173 Å². The molecular weight excluding hydrogens is 551 g/mol. The molecule has 13 nitrogen and oxygen atoms in total. The number of ether oxygens (including phenoxy) is 2. The van der Waals surface area contributed by atoms with Crippen LogP contribution in [0, 0.1) is 6.92 Å². The average molecular weight is 583 g/mol. The van der Waals surface area contributed by atoms with Crippen molar-refractivity contribution < 1.29 is 33.0 Å². The van der Waals surface area contributed by atoms with Crippen LogP contribution in [0.1, 0.15) is 31.0 Å². The highest BCUT2D eigenvalue weighted by molar-refractivity contribution is 7.52. The largest absolute Gasteiger partial charge is 0.460 e. The van der Waals surface area contributed by atoms with Crippen molar-refractivity contribution in [2.45, 2.75) is 51.4 Å². The van der Waals surface area contributed by atoms with Crippen molar-refractivity contribution in [1.29, 1.82) is 0 Å². The Morgan fingerprint density at radius 1 is 1.20 bits per heavy atom. The van der Waals surface area contributed by atoms with E-state index >= 15 is 0 Å². The molecule has 0 saturated carbocycles. The van der Waals surface area contributed by atoms with Crippen molar-refractivity contribution in [2.75, 3.05) is 12.3 Å². The fraction of sp³-hybridized carbons (Fsp3) is 0.333. The zero-order valence-electron chi connectivity index (χ0n) is 22.5. The summed E-state index contributed by atoms with van der Waals surface area (Å²) in [5.41, 5.74) is 7.59. The lowest BCUT2D eigenvalue weighted by Crippen LogP contribution is -2.35. The molecule has 2 aromatic carbocycles. The van der Waals surface area contributed by atoms with E-state index in [1.807, 2.05) is 30.3 Å². The van der Waals surface area contributed by atoms with E-state index in [2.05, 4.69) is 20.0 Å². The van der Waals surface area contributed by atoms with Crippen LogP contribution in [0.25, 0.3) is 11.2 Å². The summed E-state index contributed by atoms with van der Waals surface area (Å²) in [6.07, 6.45) is -0.796. The van der Waals surface area contributed by atoms with Gasteiger partial charge in [-0.25, -0.2) is 19.5 Å². The van der Waals surface area contributed by atoms with Crippen LogP contribution in [0.2, 0.25) is 0 Å². The number of rotatable bonds is 11. The molecule has 3 heterocycles. The minimum Gasteiger partial charge on any atom is -0.460 e. The normalized spacial score (nSPS) is 20.9. The molecule has 1 aliphatic heterocycles. The Hall–Kier alpha value is -3.87. The number of para-hydroxylation sites is 1. The van der Waals surface area contributed by atoms with Crippen molar-refractivity contribution in [3.8, 4) is 5.75 Å². The molecule has 0 radical (unpaired) electrons. The first-order valence-corrected chi connectivity index (χ1v) is 14.5. The Morgan fingerprint density at radius 3 is 2.63 bits per heavy atom. The Bertz CT molecular complexity index is 1540. The number of carbonyl (C=O) groups excluding carboxylic acids is 1. The van der Waals surface area contributed by atoms with Crippen LogP contribution in [0.15, 0.2) is 67.0 Å². The maximum Gasteiger partial charge on any atom is 0.459 e. The first-order chi connectivity index (χ1) is 19.7. The van der Waals surface area contributed by atoms with E-state index in [9.17, 15) is 14.5 Å². The Kier molecular flexibility index (Phi) is 8.62. The number of aryl methyl sites for hydroxylation is 1. The van der Waals surface area contributed by atoms with Crippen LogP contribution in [0.3, 0.4) is 0 Å². The van der Waals surface area contributed by atoms with Crippen LogP contribution >= 0.6 is 7.75 Å². The summed E-state index contributed by atoms with van der Waals surface area (Å²) >= 11 is 0. The molecule has 4 N–H and O–H groups in total. The van der Waals surface area contributed by atoms with Crippen LogP contribution in [-0.4, -0.2) is 55.5 Å². The summed E-state index contributed by atoms with van der Waals surface area (Å²) in [4.78, 5) is 25.4. The summed E-state index contributed by atoms with van der Waals surface area (Å²) in [7, 11) is -4.12. The predicted molar refractivity (Wildman–Crippen MR) is 148 cm³/mol. The van der Waals surface area contributed by atoms with E-state index in [4.69, 9.17) is 24.3 Å². The molecule has 0 amide bonds. The highest BCUT2D eigenvalue weighted by Gasteiger charge is 2.39. The number of fused-ring (bicyclic) bond motifs is 1. The molecule has 0 spiro atoms. The Morgan fingerprint density at radius 2 is 1.90 bits per heavy atom. The van der Waals surface area contributed by atoms with Crippen LogP contribution in [0.5, 0.6) is 5.75 Å². The fourth-order valence-corrected chi connectivity index (χ4v) is 5.88. The molecule has 5 rings (SSSR count). The molecule has 14 heteroatoms. The number of imidazole rings is 1. The highest BCUT2D eigenvalue weighted by atomic mass is 31.2. The van der Waals surface area contributed by atoms with Gasteiger partial charge in [0.2, 0.25) is 0 Å². The monoisotopic (exact) mass is 582 g/mol. The highest BCUT2D eigenvalue weighted by Crippen LogP contribution is 2.46. The first kappa shape index (κ1) is 28.7. The van der Waals surface area contributed by atoms with Crippen molar-refractivity contribution >= 4 is 30.7 Å². The second-order valence-corrected chi connectivity index (χ2v) is 11.3. The number of hydrogen-bond donors (Lipinski definition) is 3. The van der Waals surface area contributed by atoms with Gasteiger partial charge in [0.05, 0.1) is 19.0 Å². The lowest BCUT2D eigenvalue weighted by Gasteiger charge is -2.24. The third-order valence-corrected chi connectivity index (χ3v) is 7.97. The molecular formula is C27H31N6O7P. The third kappa shape index (κ3) is 6.89. The molecule has 1 unspecified atom stereocenters. The van der Waals surface area contributed by atoms with E-state index < -0.39 is 38.2 Å². The zero-order chi connectivity index (χ0) is 29.0. The predicted octanol–water partition coefficient (Wildman–Crippen LogP) is 3.29. The molecule has 216 valence electrons. The Labute approximate surface area is 236 Å². The molecule has 4 aromatic rings. The summed E-state index contributed by atoms with van der Waals surface area (Å²) in [5, 5.41) is 13.4. The van der Waals surface area contributed by atoms with Gasteiger partial charge in [-0.2, -0.15) is 5.09 Å². The van der Waals surface area contributed by atoms with Crippen LogP contribution < -0.4 is 15.3 Å². The average Bonchev–Trinajstić information content (AvgIpc) is 3.54. The minimum atomic E-state index is -4.12. The number of nitrogen functional groups attached to an aromatic ring is 1. The van der Waals surface area contributed by atoms with Crippen molar-refractivity contribution in [2.24, 2.45) is 0 Å². The van der Waals surface area contributed by atoms with E-state index in [1.165, 1.54) is 13.3 Å². The van der Waals surface area contributed by atoms with Gasteiger partial charge in [-0.05, 0) is 31.5 Å². The molecule has 2 aromatic heterocycles. The number of anilines is 1. The molecule has 0 bridgehead atoms. The molecule has 1 aliphatic rings. The van der Waals surface area contributed by atoms with Gasteiger partial charge in [-0.1, -0.05) is 48.5 Å². The number of hydrogen-bond acceptors (Lipinski definition) is 11. The number of nitrogens with one attached hydrogen (secondary N) is 1. The van der Waals surface area contributed by atoms with Gasteiger partial charge >= 0.3 is 13.7 Å². The van der Waals surface area contributed by atoms with Gasteiger partial charge in [0.15, 0.2) is 17.7 Å². The number of aliphatic hydroxyl groups excluding tert-OH is 1. The maximum absolute atomic E-state index is 13.8. The molecule has 1 fully saturated rings. The number of esters is 1. The summed E-state index contributed by atoms with van der Waals surface area (Å²) < 4.78 is 38.3. The minimum absolute atomic E-state index is 0.0601. The molecule has 41 heavy (non-hydrogen) atoms. The maximum atomic E-state index is 13.8. The quantitative estimate of drug-likeness (QED) is 0.174. The summed E-state index contributed by atoms with van der Waals surface area (Å²) in [5.74, 6) is 0.312. The van der Waals surface area contributed by atoms with Gasteiger partial charge in [-0.15, -0.1) is 0 Å². The molecule has 5 atom stereocenters. The van der Waals surface area contributed by atoms with E-state index in [-0.39, 0.29) is 31.2 Å². The SMILES string of the molecule is Cc1nc(N)c2ncn([C@@H]3O[C@H](COP(=O)(N[C@@H](C)C(=O)OCc4ccccc4)Oc4ccccc4)C[C@@H]3O)c2n1. The zero-order valence-corrected chi connectivity index (χ0v) is 23.4. The number of benzene rings is 2. The number of nitrogens with two attached hydrogens (primary N) is 1. The first-order valence-electron chi connectivity index (χ1n) is 13.0. The number of aromatic nitrogens is 4. The van der Waals surface area contributed by atoms with Gasteiger partial charge in [0.1, 0.15) is 35.8 Å². The number of carbonyl (C=O) groups is 1. The standard InChI is InChI=1S/C27H31N6O7P/c1-17(27(35)37-14-19-9-5-3-6-10-19)32-41(36,40-20-11-7-4-8-12-20)38-15-21-13-22(34)26(39-21)33-16-29-23-24(28)30-18(2)31-25(23)33/h3-12,16-17,21-22,26,34H,13-15H2,1-2H3,(H,32,36)(H2,28,30,31)/t17-,21-,22-,26+,41?/m0/s1. The van der Waals surface area contributed by atoms with Crippen LogP contribution in [0.4, 0.5) is 5.82 Å². The van der Waals surface area contributed by atoms with Gasteiger partial charge in [0, 0.05) is 6.42 Å². The second kappa shape index (κ2) is 12.3. The van der Waals surface area contributed by atoms with E-state index in [0.717, 1.165) is 5.56 Å². The summed E-state index contributed by atoms with van der Waals surface area (Å²) in [6.45, 7) is 3.05. The van der Waals surface area contributed by atoms with Gasteiger partial charge in [-0.3, -0.25) is 13.9 Å². The molecule has 0 aliphatic carbocycles. The lowest BCUT2D eigenvalue weighted by atomic mass is 10.2.